The van der Waals surface area contributed by atoms with Crippen LogP contribution < -0.4 is 5.32 Å². The second kappa shape index (κ2) is 7.13. The zero-order chi connectivity index (χ0) is 13.5. The Morgan fingerprint density at radius 1 is 1.63 bits per heavy atom. The lowest BCUT2D eigenvalue weighted by Gasteiger charge is -2.18. The van der Waals surface area contributed by atoms with E-state index in [-0.39, 0.29) is 6.03 Å². The Labute approximate surface area is 113 Å². The van der Waals surface area contributed by atoms with Crippen molar-refractivity contribution in [2.45, 2.75) is 38.3 Å². The van der Waals surface area contributed by atoms with Crippen molar-refractivity contribution in [3.8, 4) is 0 Å². The largest absolute Gasteiger partial charge is 0.378 e. The second-order valence-electron chi connectivity index (χ2n) is 4.85. The van der Waals surface area contributed by atoms with Crippen LogP contribution in [0.5, 0.6) is 0 Å². The van der Waals surface area contributed by atoms with E-state index in [2.05, 4.69) is 10.5 Å². The lowest BCUT2D eigenvalue weighted by atomic mass is 10.1. The maximum Gasteiger partial charge on any atom is 0.317 e. The molecule has 2 heterocycles. The topological polar surface area (TPSA) is 67.6 Å². The predicted octanol–water partition coefficient (Wildman–Crippen LogP) is 1.78. The van der Waals surface area contributed by atoms with Gasteiger partial charge < -0.3 is 19.5 Å². The zero-order valence-electron chi connectivity index (χ0n) is 11.3. The average Bonchev–Trinajstić information content (AvgIpc) is 3.08. The van der Waals surface area contributed by atoms with Gasteiger partial charge in [-0.3, -0.25) is 0 Å². The van der Waals surface area contributed by atoms with Crippen LogP contribution in [0.15, 0.2) is 16.9 Å². The summed E-state index contributed by atoms with van der Waals surface area (Å²) in [6.45, 7) is 2.02. The number of carbonyl (C=O) groups excluding carboxylic acids is 1. The van der Waals surface area contributed by atoms with Crippen LogP contribution in [0.1, 0.15) is 31.4 Å². The first-order chi connectivity index (χ1) is 9.25. The van der Waals surface area contributed by atoms with Crippen molar-refractivity contribution in [3.63, 3.8) is 0 Å². The van der Waals surface area contributed by atoms with Crippen LogP contribution in [0.25, 0.3) is 0 Å². The first kappa shape index (κ1) is 13.9. The minimum Gasteiger partial charge on any atom is -0.378 e. The molecule has 2 rings (SSSR count). The van der Waals surface area contributed by atoms with Gasteiger partial charge in [-0.2, -0.15) is 0 Å². The molecule has 1 aromatic heterocycles. The van der Waals surface area contributed by atoms with Gasteiger partial charge in [-0.1, -0.05) is 5.16 Å². The van der Waals surface area contributed by atoms with E-state index in [1.54, 1.807) is 18.0 Å². The lowest BCUT2D eigenvalue weighted by Crippen LogP contribution is -2.37. The number of hydrogen-bond donors (Lipinski definition) is 1. The Morgan fingerprint density at radius 3 is 3.21 bits per heavy atom. The number of amides is 2. The summed E-state index contributed by atoms with van der Waals surface area (Å²) in [5.41, 5.74) is 0.723. The molecule has 0 radical (unpaired) electrons. The van der Waals surface area contributed by atoms with Crippen molar-refractivity contribution < 1.29 is 14.1 Å². The number of aromatic nitrogens is 1. The van der Waals surface area contributed by atoms with Crippen molar-refractivity contribution in [3.05, 3.63) is 18.0 Å². The molecule has 0 aliphatic carbocycles. The van der Waals surface area contributed by atoms with Gasteiger partial charge in [0.1, 0.15) is 12.0 Å². The molecule has 0 aromatic carbocycles. The zero-order valence-corrected chi connectivity index (χ0v) is 11.3. The third-order valence-electron chi connectivity index (χ3n) is 3.30. The van der Waals surface area contributed by atoms with Gasteiger partial charge >= 0.3 is 6.03 Å². The molecule has 6 nitrogen and oxygen atoms in total. The minimum absolute atomic E-state index is 0.0876. The van der Waals surface area contributed by atoms with Crippen molar-refractivity contribution in [1.29, 1.82) is 0 Å². The Balaban J connectivity index is 1.59. The number of nitrogens with one attached hydrogen (secondary N) is 1. The van der Waals surface area contributed by atoms with E-state index in [1.807, 2.05) is 0 Å². The average molecular weight is 267 g/mol. The smallest absolute Gasteiger partial charge is 0.317 e. The van der Waals surface area contributed by atoms with Gasteiger partial charge in [-0.25, -0.2) is 4.79 Å². The summed E-state index contributed by atoms with van der Waals surface area (Å²) in [4.78, 5) is 13.5. The molecule has 1 atom stereocenters. The second-order valence-corrected chi connectivity index (χ2v) is 4.85. The molecule has 1 aliphatic heterocycles. The fourth-order valence-electron chi connectivity index (χ4n) is 2.16. The summed E-state index contributed by atoms with van der Waals surface area (Å²) in [5, 5.41) is 6.53. The van der Waals surface area contributed by atoms with Gasteiger partial charge in [0.05, 0.1) is 12.6 Å². The van der Waals surface area contributed by atoms with Crippen molar-refractivity contribution in [2.24, 2.45) is 0 Å². The normalized spacial score (nSPS) is 18.5. The van der Waals surface area contributed by atoms with Gasteiger partial charge in [0.25, 0.3) is 0 Å². The van der Waals surface area contributed by atoms with Crippen LogP contribution in [0.2, 0.25) is 0 Å². The number of rotatable bonds is 6. The number of nitrogens with zero attached hydrogens (tertiary/aromatic N) is 2. The molecule has 19 heavy (non-hydrogen) atoms. The highest BCUT2D eigenvalue weighted by atomic mass is 16.5. The lowest BCUT2D eigenvalue weighted by molar-refractivity contribution is 0.100. The number of carbonyl (C=O) groups is 1. The van der Waals surface area contributed by atoms with Gasteiger partial charge in [0, 0.05) is 26.3 Å². The summed E-state index contributed by atoms with van der Waals surface area (Å²) in [7, 11) is 1.80. The third kappa shape index (κ3) is 4.55. The standard InChI is InChI=1S/C13H21N3O3/c1-16(7-2-4-12-5-3-8-18-12)13(17)14-10-11-6-9-19-15-11/h6,9,12H,2-5,7-8,10H2,1H3,(H,14,17)/t12-/m1/s1. The Bertz CT molecular complexity index is 374. The first-order valence-corrected chi connectivity index (χ1v) is 6.75. The summed E-state index contributed by atoms with van der Waals surface area (Å²) in [6, 6.07) is 1.65. The highest BCUT2D eigenvalue weighted by Crippen LogP contribution is 2.16. The number of ether oxygens (including phenoxy) is 1. The molecule has 0 bridgehead atoms. The maximum absolute atomic E-state index is 11.8. The fraction of sp³-hybridized carbons (Fsp3) is 0.692. The highest BCUT2D eigenvalue weighted by molar-refractivity contribution is 5.73. The van der Waals surface area contributed by atoms with Gasteiger partial charge in [-0.05, 0) is 25.7 Å². The van der Waals surface area contributed by atoms with Crippen LogP contribution >= 0.6 is 0 Å². The van der Waals surface area contributed by atoms with E-state index in [9.17, 15) is 4.79 Å². The van der Waals surface area contributed by atoms with Crippen molar-refractivity contribution >= 4 is 6.03 Å². The van der Waals surface area contributed by atoms with E-state index in [1.165, 1.54) is 12.7 Å². The summed E-state index contributed by atoms with van der Waals surface area (Å²) in [5.74, 6) is 0. The SMILES string of the molecule is CN(CCC[C@@H]1CCCO1)C(=O)NCc1ccon1. The molecule has 1 saturated heterocycles. The van der Waals surface area contributed by atoms with Crippen molar-refractivity contribution in [2.75, 3.05) is 20.2 Å². The summed E-state index contributed by atoms with van der Waals surface area (Å²) < 4.78 is 10.3. The molecule has 106 valence electrons. The van der Waals surface area contributed by atoms with E-state index < -0.39 is 0 Å². The summed E-state index contributed by atoms with van der Waals surface area (Å²) >= 11 is 0. The first-order valence-electron chi connectivity index (χ1n) is 6.75. The number of urea groups is 1. The molecule has 0 saturated carbocycles. The molecule has 0 spiro atoms. The molecular formula is C13H21N3O3. The van der Waals surface area contributed by atoms with E-state index in [0.717, 1.165) is 38.1 Å². The van der Waals surface area contributed by atoms with Crippen LogP contribution in [0.3, 0.4) is 0 Å². The molecule has 1 aromatic rings. The van der Waals surface area contributed by atoms with Gasteiger partial charge in [0.15, 0.2) is 0 Å². The van der Waals surface area contributed by atoms with Crippen LogP contribution in [0.4, 0.5) is 4.79 Å². The summed E-state index contributed by atoms with van der Waals surface area (Å²) in [6.07, 6.45) is 6.21. The number of hydrogen-bond acceptors (Lipinski definition) is 4. The minimum atomic E-state index is -0.0876. The molecule has 0 unspecified atom stereocenters. The third-order valence-corrected chi connectivity index (χ3v) is 3.30. The van der Waals surface area contributed by atoms with Crippen LogP contribution in [0, 0.1) is 0 Å². The monoisotopic (exact) mass is 267 g/mol. The molecule has 2 amide bonds. The van der Waals surface area contributed by atoms with E-state index in [0.29, 0.717) is 12.6 Å². The molecule has 1 aliphatic rings. The fourth-order valence-corrected chi connectivity index (χ4v) is 2.16. The van der Waals surface area contributed by atoms with Gasteiger partial charge in [-0.15, -0.1) is 0 Å². The molecular weight excluding hydrogens is 246 g/mol. The van der Waals surface area contributed by atoms with Gasteiger partial charge in [0.2, 0.25) is 0 Å². The van der Waals surface area contributed by atoms with Crippen LogP contribution in [-0.4, -0.2) is 42.4 Å². The maximum atomic E-state index is 11.8. The van der Waals surface area contributed by atoms with E-state index in [4.69, 9.17) is 9.26 Å². The Hall–Kier alpha value is -1.56. The predicted molar refractivity (Wildman–Crippen MR) is 69.6 cm³/mol. The Morgan fingerprint density at radius 2 is 2.53 bits per heavy atom. The van der Waals surface area contributed by atoms with Crippen molar-refractivity contribution in [1.82, 2.24) is 15.4 Å². The molecule has 6 heteroatoms. The Kier molecular flexibility index (Phi) is 5.20. The molecule has 1 fully saturated rings. The van der Waals surface area contributed by atoms with Crippen LogP contribution in [-0.2, 0) is 11.3 Å². The van der Waals surface area contributed by atoms with E-state index >= 15 is 0 Å². The highest BCUT2D eigenvalue weighted by Gasteiger charge is 2.15. The quantitative estimate of drug-likeness (QED) is 0.853. The molecule has 1 N–H and O–H groups in total.